The third kappa shape index (κ3) is 2.83. The molecule has 0 bridgehead atoms. The number of nitrogens with one attached hydrogen (secondary N) is 1. The van der Waals surface area contributed by atoms with E-state index in [2.05, 4.69) is 9.97 Å². The molecule has 0 aliphatic carbocycles. The summed E-state index contributed by atoms with van der Waals surface area (Å²) in [6.07, 6.45) is 0. The molecule has 1 heterocycles. The lowest BCUT2D eigenvalue weighted by molar-refractivity contribution is 0.681. The van der Waals surface area contributed by atoms with E-state index in [-0.39, 0.29) is 0 Å². The number of aromatic nitrogens is 2. The molecule has 0 amide bonds. The fourth-order valence-corrected chi connectivity index (χ4v) is 3.29. The van der Waals surface area contributed by atoms with Gasteiger partial charge in [-0.2, -0.15) is 0 Å². The van der Waals surface area contributed by atoms with Crippen LogP contribution in [-0.2, 0) is 16.6 Å². The SMILES string of the molecule is Cc1ccc(S(=O)Cc2nc3ccc(N)cc3[nH]2)cc1C. The third-order valence-corrected chi connectivity index (χ3v) is 4.88. The van der Waals surface area contributed by atoms with Crippen LogP contribution in [0.3, 0.4) is 0 Å². The van der Waals surface area contributed by atoms with E-state index < -0.39 is 10.8 Å². The van der Waals surface area contributed by atoms with Gasteiger partial charge in [0, 0.05) is 10.6 Å². The predicted octanol–water partition coefficient (Wildman–Crippen LogP) is 3.07. The Hall–Kier alpha value is -2.14. The standard InChI is InChI=1S/C16H17N3OS/c1-10-3-5-13(7-11(10)2)21(20)9-16-18-14-6-4-12(17)8-15(14)19-16/h3-8H,9,17H2,1-2H3,(H,18,19). The Morgan fingerprint density at radius 2 is 1.95 bits per heavy atom. The zero-order valence-corrected chi connectivity index (χ0v) is 12.8. The Labute approximate surface area is 125 Å². The van der Waals surface area contributed by atoms with Gasteiger partial charge in [-0.15, -0.1) is 0 Å². The van der Waals surface area contributed by atoms with Crippen molar-refractivity contribution in [1.29, 1.82) is 0 Å². The average Bonchev–Trinajstić information content (AvgIpc) is 2.83. The molecule has 3 aromatic rings. The van der Waals surface area contributed by atoms with E-state index >= 15 is 0 Å². The molecule has 0 aliphatic rings. The van der Waals surface area contributed by atoms with E-state index in [0.29, 0.717) is 17.3 Å². The van der Waals surface area contributed by atoms with Gasteiger partial charge < -0.3 is 10.7 Å². The fourth-order valence-electron chi connectivity index (χ4n) is 2.21. The predicted molar refractivity (Wildman–Crippen MR) is 86.5 cm³/mol. The summed E-state index contributed by atoms with van der Waals surface area (Å²) in [5, 5.41) is 0. The Morgan fingerprint density at radius 3 is 2.71 bits per heavy atom. The van der Waals surface area contributed by atoms with Gasteiger partial charge in [0.2, 0.25) is 0 Å². The van der Waals surface area contributed by atoms with Crippen LogP contribution >= 0.6 is 0 Å². The van der Waals surface area contributed by atoms with Crippen molar-refractivity contribution in [2.45, 2.75) is 24.5 Å². The van der Waals surface area contributed by atoms with E-state index in [9.17, 15) is 4.21 Å². The highest BCUT2D eigenvalue weighted by atomic mass is 32.2. The number of aromatic amines is 1. The molecule has 0 saturated heterocycles. The van der Waals surface area contributed by atoms with Crippen LogP contribution in [0.25, 0.3) is 11.0 Å². The first-order valence-electron chi connectivity index (χ1n) is 6.72. The minimum atomic E-state index is -1.11. The highest BCUT2D eigenvalue weighted by Gasteiger charge is 2.10. The number of nitrogen functional groups attached to an aromatic ring is 1. The van der Waals surface area contributed by atoms with Crippen molar-refractivity contribution in [1.82, 2.24) is 9.97 Å². The van der Waals surface area contributed by atoms with E-state index in [0.717, 1.165) is 21.5 Å². The van der Waals surface area contributed by atoms with Crippen LogP contribution < -0.4 is 5.73 Å². The Kier molecular flexibility index (Phi) is 3.51. The Balaban J connectivity index is 1.87. The van der Waals surface area contributed by atoms with E-state index in [4.69, 9.17) is 5.73 Å². The number of anilines is 1. The molecule has 4 nitrogen and oxygen atoms in total. The van der Waals surface area contributed by atoms with Crippen LogP contribution in [0.15, 0.2) is 41.3 Å². The summed E-state index contributed by atoms with van der Waals surface area (Å²) < 4.78 is 12.4. The number of rotatable bonds is 3. The molecule has 0 radical (unpaired) electrons. The highest BCUT2D eigenvalue weighted by molar-refractivity contribution is 7.84. The van der Waals surface area contributed by atoms with E-state index in [1.165, 1.54) is 5.56 Å². The number of nitrogens with two attached hydrogens (primary N) is 1. The van der Waals surface area contributed by atoms with Crippen molar-refractivity contribution in [3.63, 3.8) is 0 Å². The number of imidazole rings is 1. The molecule has 3 rings (SSSR count). The first-order chi connectivity index (χ1) is 10.0. The number of H-pyrrole nitrogens is 1. The molecule has 1 unspecified atom stereocenters. The summed E-state index contributed by atoms with van der Waals surface area (Å²) in [4.78, 5) is 8.47. The maximum atomic E-state index is 12.4. The van der Waals surface area contributed by atoms with Crippen LogP contribution in [-0.4, -0.2) is 14.2 Å². The number of hydrogen-bond donors (Lipinski definition) is 2. The van der Waals surface area contributed by atoms with Gasteiger partial charge in [-0.1, -0.05) is 6.07 Å². The van der Waals surface area contributed by atoms with Gasteiger partial charge in [-0.3, -0.25) is 4.21 Å². The number of fused-ring (bicyclic) bond motifs is 1. The van der Waals surface area contributed by atoms with Crippen LogP contribution in [0.2, 0.25) is 0 Å². The molecular weight excluding hydrogens is 282 g/mol. The van der Waals surface area contributed by atoms with Gasteiger partial charge in [0.05, 0.1) is 27.6 Å². The average molecular weight is 299 g/mol. The number of hydrogen-bond acceptors (Lipinski definition) is 3. The lowest BCUT2D eigenvalue weighted by atomic mass is 10.1. The molecule has 21 heavy (non-hydrogen) atoms. The minimum Gasteiger partial charge on any atom is -0.399 e. The van der Waals surface area contributed by atoms with Gasteiger partial charge in [-0.25, -0.2) is 4.98 Å². The lowest BCUT2D eigenvalue weighted by Crippen LogP contribution is -1.99. The second kappa shape index (κ2) is 5.33. The van der Waals surface area contributed by atoms with Crippen molar-refractivity contribution in [3.8, 4) is 0 Å². The first kappa shape index (κ1) is 13.8. The van der Waals surface area contributed by atoms with Crippen molar-refractivity contribution in [2.24, 2.45) is 0 Å². The number of aryl methyl sites for hydroxylation is 2. The lowest BCUT2D eigenvalue weighted by Gasteiger charge is -2.04. The molecule has 0 aliphatic heterocycles. The Morgan fingerprint density at radius 1 is 1.14 bits per heavy atom. The van der Waals surface area contributed by atoms with Gasteiger partial charge in [0.25, 0.3) is 0 Å². The summed E-state index contributed by atoms with van der Waals surface area (Å²) in [5.41, 5.74) is 10.5. The van der Waals surface area contributed by atoms with Crippen molar-refractivity contribution in [3.05, 3.63) is 53.3 Å². The molecular formula is C16H17N3OS. The summed E-state index contributed by atoms with van der Waals surface area (Å²) >= 11 is 0. The van der Waals surface area contributed by atoms with Gasteiger partial charge in [-0.05, 0) is 55.3 Å². The summed E-state index contributed by atoms with van der Waals surface area (Å²) in [6.45, 7) is 4.08. The summed E-state index contributed by atoms with van der Waals surface area (Å²) in [5.74, 6) is 1.09. The topological polar surface area (TPSA) is 71.8 Å². The number of benzene rings is 2. The first-order valence-corrected chi connectivity index (χ1v) is 8.04. The molecule has 0 fully saturated rings. The van der Waals surface area contributed by atoms with Crippen LogP contribution in [0.1, 0.15) is 17.0 Å². The fraction of sp³-hybridized carbons (Fsp3) is 0.188. The van der Waals surface area contributed by atoms with E-state index in [1.54, 1.807) is 0 Å². The van der Waals surface area contributed by atoms with Gasteiger partial charge in [0.15, 0.2) is 0 Å². The summed E-state index contributed by atoms with van der Waals surface area (Å²) in [6, 6.07) is 11.4. The highest BCUT2D eigenvalue weighted by Crippen LogP contribution is 2.18. The maximum absolute atomic E-state index is 12.4. The molecule has 2 aromatic carbocycles. The smallest absolute Gasteiger partial charge is 0.120 e. The van der Waals surface area contributed by atoms with Gasteiger partial charge in [0.1, 0.15) is 5.82 Å². The monoisotopic (exact) mass is 299 g/mol. The normalized spacial score (nSPS) is 12.7. The molecule has 1 atom stereocenters. The zero-order chi connectivity index (χ0) is 15.0. The second-order valence-corrected chi connectivity index (χ2v) is 6.65. The van der Waals surface area contributed by atoms with Crippen molar-refractivity contribution >= 4 is 27.5 Å². The van der Waals surface area contributed by atoms with Crippen LogP contribution in [0.5, 0.6) is 0 Å². The van der Waals surface area contributed by atoms with Crippen molar-refractivity contribution < 1.29 is 4.21 Å². The van der Waals surface area contributed by atoms with Crippen molar-refractivity contribution in [2.75, 3.05) is 5.73 Å². The molecule has 5 heteroatoms. The van der Waals surface area contributed by atoms with Crippen LogP contribution in [0.4, 0.5) is 5.69 Å². The molecule has 1 aromatic heterocycles. The largest absolute Gasteiger partial charge is 0.399 e. The zero-order valence-electron chi connectivity index (χ0n) is 12.0. The number of nitrogens with zero attached hydrogens (tertiary/aromatic N) is 1. The Bertz CT molecular complexity index is 839. The quantitative estimate of drug-likeness (QED) is 0.730. The molecule has 108 valence electrons. The second-order valence-electron chi connectivity index (χ2n) is 5.20. The minimum absolute atomic E-state index is 0.372. The molecule has 0 saturated carbocycles. The van der Waals surface area contributed by atoms with Crippen LogP contribution in [0, 0.1) is 13.8 Å². The summed E-state index contributed by atoms with van der Waals surface area (Å²) in [7, 11) is -1.11. The molecule has 3 N–H and O–H groups in total. The van der Waals surface area contributed by atoms with Gasteiger partial charge >= 0.3 is 0 Å². The third-order valence-electron chi connectivity index (χ3n) is 3.56. The molecule has 0 spiro atoms. The maximum Gasteiger partial charge on any atom is 0.120 e. The van der Waals surface area contributed by atoms with E-state index in [1.807, 2.05) is 50.2 Å².